The maximum absolute atomic E-state index is 13.0. The Kier molecular flexibility index (Phi) is 4.08. The molecule has 3 nitrogen and oxygen atoms in total. The van der Waals surface area contributed by atoms with E-state index in [1.807, 2.05) is 43.3 Å². The van der Waals surface area contributed by atoms with Crippen LogP contribution in [-0.2, 0) is 0 Å². The first-order valence-electron chi connectivity index (χ1n) is 6.19. The van der Waals surface area contributed by atoms with E-state index in [2.05, 4.69) is 5.32 Å². The number of nitrogens with zero attached hydrogens (tertiary/aromatic N) is 1. The zero-order valence-electron chi connectivity index (χ0n) is 11.4. The van der Waals surface area contributed by atoms with Gasteiger partial charge in [-0.15, -0.1) is 0 Å². The number of nitrogens with one attached hydrogen (secondary N) is 1. The van der Waals surface area contributed by atoms with E-state index in [0.29, 0.717) is 11.4 Å². The molecule has 0 aliphatic heterocycles. The largest absolute Gasteiger partial charge is 0.399 e. The van der Waals surface area contributed by atoms with Crippen molar-refractivity contribution in [2.24, 2.45) is 0 Å². The standard InChI is InChI=1S/C15H17F2N3/c1-20(2)12-6-4-11(5-7-12)19-14-8-3-10(18)9-13(14)15(16)17/h3-9,15,19H,18H2,1-2H3. The maximum Gasteiger partial charge on any atom is 0.265 e. The Labute approximate surface area is 117 Å². The number of nitrogen functional groups attached to an aromatic ring is 1. The summed E-state index contributed by atoms with van der Waals surface area (Å²) in [6, 6.07) is 12.0. The van der Waals surface area contributed by atoms with Crippen LogP contribution in [0.5, 0.6) is 0 Å². The molecule has 106 valence electrons. The summed E-state index contributed by atoms with van der Waals surface area (Å²) in [5, 5.41) is 2.99. The molecule has 0 atom stereocenters. The topological polar surface area (TPSA) is 41.3 Å². The molecule has 0 aliphatic carbocycles. The Morgan fingerprint density at radius 3 is 2.25 bits per heavy atom. The summed E-state index contributed by atoms with van der Waals surface area (Å²) in [5.74, 6) is 0. The summed E-state index contributed by atoms with van der Waals surface area (Å²) in [4.78, 5) is 1.97. The zero-order chi connectivity index (χ0) is 14.7. The lowest BCUT2D eigenvalue weighted by Gasteiger charge is -2.15. The second-order valence-corrected chi connectivity index (χ2v) is 4.71. The number of rotatable bonds is 4. The Morgan fingerprint density at radius 1 is 1.05 bits per heavy atom. The first kappa shape index (κ1) is 14.1. The van der Waals surface area contributed by atoms with Crippen molar-refractivity contribution in [1.29, 1.82) is 0 Å². The maximum atomic E-state index is 13.0. The molecule has 0 heterocycles. The van der Waals surface area contributed by atoms with Crippen LogP contribution in [-0.4, -0.2) is 14.1 Å². The summed E-state index contributed by atoms with van der Waals surface area (Å²) in [7, 11) is 3.88. The fourth-order valence-corrected chi connectivity index (χ4v) is 1.87. The highest BCUT2D eigenvalue weighted by Crippen LogP contribution is 2.31. The van der Waals surface area contributed by atoms with Gasteiger partial charge in [-0.2, -0.15) is 0 Å². The van der Waals surface area contributed by atoms with E-state index in [1.165, 1.54) is 6.07 Å². The van der Waals surface area contributed by atoms with Crippen molar-refractivity contribution < 1.29 is 8.78 Å². The third-order valence-corrected chi connectivity index (χ3v) is 2.97. The summed E-state index contributed by atoms with van der Waals surface area (Å²) >= 11 is 0. The van der Waals surface area contributed by atoms with E-state index >= 15 is 0 Å². The molecule has 0 spiro atoms. The van der Waals surface area contributed by atoms with E-state index in [0.717, 1.165) is 11.4 Å². The van der Waals surface area contributed by atoms with E-state index < -0.39 is 6.43 Å². The fourth-order valence-electron chi connectivity index (χ4n) is 1.87. The molecule has 2 rings (SSSR count). The summed E-state index contributed by atoms with van der Waals surface area (Å²) in [6.45, 7) is 0. The van der Waals surface area contributed by atoms with Crippen LogP contribution in [0.3, 0.4) is 0 Å². The molecular formula is C15H17F2N3. The van der Waals surface area contributed by atoms with Crippen molar-refractivity contribution in [3.8, 4) is 0 Å². The molecule has 0 fully saturated rings. The average molecular weight is 277 g/mol. The molecule has 0 amide bonds. The van der Waals surface area contributed by atoms with Gasteiger partial charge in [0.05, 0.1) is 0 Å². The molecular weight excluding hydrogens is 260 g/mol. The quantitative estimate of drug-likeness (QED) is 0.829. The van der Waals surface area contributed by atoms with Gasteiger partial charge in [-0.05, 0) is 42.5 Å². The Bertz CT molecular complexity index is 580. The van der Waals surface area contributed by atoms with Gasteiger partial charge in [0.2, 0.25) is 0 Å². The number of benzene rings is 2. The zero-order valence-corrected chi connectivity index (χ0v) is 11.4. The SMILES string of the molecule is CN(C)c1ccc(Nc2ccc(N)cc2C(F)F)cc1. The normalized spacial score (nSPS) is 10.7. The second kappa shape index (κ2) is 5.77. The average Bonchev–Trinajstić information content (AvgIpc) is 2.41. The van der Waals surface area contributed by atoms with E-state index in [-0.39, 0.29) is 5.56 Å². The molecule has 0 saturated carbocycles. The lowest BCUT2D eigenvalue weighted by atomic mass is 10.1. The molecule has 0 aromatic heterocycles. The highest BCUT2D eigenvalue weighted by Gasteiger charge is 2.13. The van der Waals surface area contributed by atoms with E-state index in [9.17, 15) is 8.78 Å². The van der Waals surface area contributed by atoms with Gasteiger partial charge in [-0.3, -0.25) is 0 Å². The van der Waals surface area contributed by atoms with Crippen molar-refractivity contribution in [2.75, 3.05) is 30.0 Å². The van der Waals surface area contributed by atoms with Gasteiger partial charge in [-0.1, -0.05) is 0 Å². The van der Waals surface area contributed by atoms with Crippen molar-refractivity contribution in [2.45, 2.75) is 6.43 Å². The third kappa shape index (κ3) is 3.17. The second-order valence-electron chi connectivity index (χ2n) is 4.71. The van der Waals surface area contributed by atoms with Gasteiger partial charge < -0.3 is 16.0 Å². The van der Waals surface area contributed by atoms with E-state index in [1.54, 1.807) is 12.1 Å². The molecule has 3 N–H and O–H groups in total. The first-order valence-corrected chi connectivity index (χ1v) is 6.19. The van der Waals surface area contributed by atoms with Crippen molar-refractivity contribution in [3.05, 3.63) is 48.0 Å². The van der Waals surface area contributed by atoms with Gasteiger partial charge in [0.15, 0.2) is 0 Å². The number of alkyl halides is 2. The van der Waals surface area contributed by atoms with Gasteiger partial charge in [0.1, 0.15) is 0 Å². The minimum Gasteiger partial charge on any atom is -0.399 e. The number of halogens is 2. The minimum atomic E-state index is -2.57. The van der Waals surface area contributed by atoms with E-state index in [4.69, 9.17) is 5.73 Å². The Balaban J connectivity index is 2.25. The Hall–Kier alpha value is -2.30. The molecule has 0 aliphatic rings. The minimum absolute atomic E-state index is 0.0957. The van der Waals surface area contributed by atoms with Crippen LogP contribution in [0, 0.1) is 0 Å². The predicted octanol–water partition coefficient (Wildman–Crippen LogP) is 4.02. The van der Waals surface area contributed by atoms with Gasteiger partial charge in [0.25, 0.3) is 6.43 Å². The smallest absolute Gasteiger partial charge is 0.265 e. The highest BCUT2D eigenvalue weighted by atomic mass is 19.3. The summed E-state index contributed by atoms with van der Waals surface area (Å²) < 4.78 is 26.0. The van der Waals surface area contributed by atoms with Crippen molar-refractivity contribution in [3.63, 3.8) is 0 Å². The van der Waals surface area contributed by atoms with Crippen molar-refractivity contribution >= 4 is 22.7 Å². The number of nitrogens with two attached hydrogens (primary N) is 1. The van der Waals surface area contributed by atoms with Crippen molar-refractivity contribution in [1.82, 2.24) is 0 Å². The van der Waals surface area contributed by atoms with Gasteiger partial charge >= 0.3 is 0 Å². The van der Waals surface area contributed by atoms with Crippen LogP contribution in [0.1, 0.15) is 12.0 Å². The summed E-state index contributed by atoms with van der Waals surface area (Å²) in [5.41, 5.74) is 7.94. The third-order valence-electron chi connectivity index (χ3n) is 2.97. The van der Waals surface area contributed by atoms with Crippen LogP contribution in [0.15, 0.2) is 42.5 Å². The molecule has 5 heteroatoms. The molecule has 20 heavy (non-hydrogen) atoms. The lowest BCUT2D eigenvalue weighted by Crippen LogP contribution is -2.08. The number of hydrogen-bond acceptors (Lipinski definition) is 3. The molecule has 0 radical (unpaired) electrons. The summed E-state index contributed by atoms with van der Waals surface area (Å²) in [6.07, 6.45) is -2.57. The lowest BCUT2D eigenvalue weighted by molar-refractivity contribution is 0.152. The van der Waals surface area contributed by atoms with Crippen LogP contribution < -0.4 is 16.0 Å². The van der Waals surface area contributed by atoms with Crippen LogP contribution in [0.25, 0.3) is 0 Å². The highest BCUT2D eigenvalue weighted by molar-refractivity contribution is 5.67. The fraction of sp³-hybridized carbons (Fsp3) is 0.200. The molecule has 0 saturated heterocycles. The predicted molar refractivity (Wildman–Crippen MR) is 79.9 cm³/mol. The Morgan fingerprint density at radius 2 is 1.70 bits per heavy atom. The molecule has 2 aromatic rings. The number of hydrogen-bond donors (Lipinski definition) is 2. The number of anilines is 4. The van der Waals surface area contributed by atoms with Crippen LogP contribution >= 0.6 is 0 Å². The van der Waals surface area contributed by atoms with Crippen LogP contribution in [0.2, 0.25) is 0 Å². The van der Waals surface area contributed by atoms with Gasteiger partial charge in [-0.25, -0.2) is 8.78 Å². The molecule has 2 aromatic carbocycles. The molecule has 0 unspecified atom stereocenters. The van der Waals surface area contributed by atoms with Gasteiger partial charge in [0, 0.05) is 42.4 Å². The molecule has 0 bridgehead atoms. The van der Waals surface area contributed by atoms with Crippen LogP contribution in [0.4, 0.5) is 31.5 Å². The monoisotopic (exact) mass is 277 g/mol. The first-order chi connectivity index (χ1) is 9.47.